The van der Waals surface area contributed by atoms with Gasteiger partial charge in [0, 0.05) is 5.75 Å². The van der Waals surface area contributed by atoms with Gasteiger partial charge in [-0.3, -0.25) is 14.4 Å². The van der Waals surface area contributed by atoms with E-state index in [1.807, 2.05) is 0 Å². The van der Waals surface area contributed by atoms with Crippen LogP contribution in [0.3, 0.4) is 0 Å². The Labute approximate surface area is 180 Å². The molecular weight excluding hydrogens is 418 g/mol. The molecule has 10 N–H and O–H groups in total. The monoisotopic (exact) mass is 451 g/mol. The van der Waals surface area contributed by atoms with Gasteiger partial charge in [0.25, 0.3) is 0 Å². The predicted molar refractivity (Wildman–Crippen MR) is 112 cm³/mol. The number of thiol groups is 1. The van der Waals surface area contributed by atoms with Crippen LogP contribution >= 0.6 is 12.6 Å². The molecule has 174 valence electrons. The van der Waals surface area contributed by atoms with E-state index < -0.39 is 60.1 Å². The third-order valence-corrected chi connectivity index (χ3v) is 4.60. The molecule has 3 amide bonds. The third kappa shape index (κ3) is 9.71. The van der Waals surface area contributed by atoms with Crippen molar-refractivity contribution in [3.05, 3.63) is 0 Å². The number of nitrogens with two attached hydrogens (primary N) is 2. The van der Waals surface area contributed by atoms with Gasteiger partial charge in [0.05, 0.1) is 18.2 Å². The third-order valence-electron chi connectivity index (χ3n) is 4.23. The molecule has 0 saturated heterocycles. The SMILES string of the molecule is CC(O)C(NC(=O)C(CS)NC(=O)C(NC(=O)C(N)CCCCN)C(C)O)C(=O)O. The zero-order valence-electron chi connectivity index (χ0n) is 17.1. The van der Waals surface area contributed by atoms with Crippen molar-refractivity contribution < 1.29 is 34.5 Å². The Kier molecular flexibility index (Phi) is 13.2. The Bertz CT molecular complexity index is 591. The van der Waals surface area contributed by atoms with Gasteiger partial charge in [0.15, 0.2) is 6.04 Å². The average Bonchev–Trinajstić information content (AvgIpc) is 2.66. The molecule has 0 aliphatic rings. The lowest BCUT2D eigenvalue weighted by Crippen LogP contribution is -2.60. The van der Waals surface area contributed by atoms with Gasteiger partial charge in [-0.1, -0.05) is 6.42 Å². The summed E-state index contributed by atoms with van der Waals surface area (Å²) in [6, 6.07) is -5.18. The van der Waals surface area contributed by atoms with E-state index in [9.17, 15) is 29.4 Å². The van der Waals surface area contributed by atoms with E-state index in [0.29, 0.717) is 25.8 Å². The van der Waals surface area contributed by atoms with Crippen LogP contribution in [0.25, 0.3) is 0 Å². The summed E-state index contributed by atoms with van der Waals surface area (Å²) in [6.07, 6.45) is -1.04. The Morgan fingerprint density at radius 1 is 0.900 bits per heavy atom. The molecule has 0 fully saturated rings. The van der Waals surface area contributed by atoms with E-state index in [1.54, 1.807) is 0 Å². The number of carbonyl (C=O) groups excluding carboxylic acids is 3. The number of nitrogens with one attached hydrogen (secondary N) is 3. The van der Waals surface area contributed by atoms with Gasteiger partial charge < -0.3 is 42.7 Å². The molecule has 0 aromatic carbocycles. The minimum atomic E-state index is -1.59. The fourth-order valence-electron chi connectivity index (χ4n) is 2.40. The maximum absolute atomic E-state index is 12.5. The second-order valence-corrected chi connectivity index (χ2v) is 7.29. The summed E-state index contributed by atoms with van der Waals surface area (Å²) in [5.41, 5.74) is 11.2. The van der Waals surface area contributed by atoms with Gasteiger partial charge in [-0.25, -0.2) is 4.79 Å². The highest BCUT2D eigenvalue weighted by Crippen LogP contribution is 2.02. The van der Waals surface area contributed by atoms with Crippen molar-refractivity contribution in [2.75, 3.05) is 12.3 Å². The van der Waals surface area contributed by atoms with Crippen molar-refractivity contribution in [2.45, 2.75) is 69.5 Å². The van der Waals surface area contributed by atoms with E-state index in [0.717, 1.165) is 0 Å². The summed E-state index contributed by atoms with van der Waals surface area (Å²) in [5.74, 6) is -4.10. The largest absolute Gasteiger partial charge is 0.480 e. The molecule has 0 aliphatic carbocycles. The number of unbranched alkanes of at least 4 members (excludes halogenated alkanes) is 1. The van der Waals surface area contributed by atoms with Crippen molar-refractivity contribution >= 4 is 36.3 Å². The topological polar surface area (TPSA) is 217 Å². The summed E-state index contributed by atoms with van der Waals surface area (Å²) in [6.45, 7) is 2.91. The highest BCUT2D eigenvalue weighted by molar-refractivity contribution is 7.80. The smallest absolute Gasteiger partial charge is 0.328 e. The van der Waals surface area contributed by atoms with Crippen LogP contribution in [0.2, 0.25) is 0 Å². The predicted octanol–water partition coefficient (Wildman–Crippen LogP) is -3.33. The molecule has 0 heterocycles. The first-order valence-corrected chi connectivity index (χ1v) is 10.2. The maximum Gasteiger partial charge on any atom is 0.328 e. The van der Waals surface area contributed by atoms with Gasteiger partial charge >= 0.3 is 5.97 Å². The Morgan fingerprint density at radius 2 is 1.43 bits per heavy atom. The second-order valence-electron chi connectivity index (χ2n) is 6.93. The zero-order chi connectivity index (χ0) is 23.4. The Morgan fingerprint density at radius 3 is 1.87 bits per heavy atom. The lowest BCUT2D eigenvalue weighted by Gasteiger charge is -2.26. The number of aliphatic carboxylic acids is 1. The van der Waals surface area contributed by atoms with Crippen LogP contribution < -0.4 is 27.4 Å². The van der Waals surface area contributed by atoms with Gasteiger partial charge in [-0.05, 0) is 33.2 Å². The van der Waals surface area contributed by atoms with Crippen LogP contribution in [-0.2, 0) is 19.2 Å². The van der Waals surface area contributed by atoms with Gasteiger partial charge in [-0.2, -0.15) is 12.6 Å². The van der Waals surface area contributed by atoms with Crippen LogP contribution in [0.1, 0.15) is 33.1 Å². The molecular formula is C17H33N5O7S. The highest BCUT2D eigenvalue weighted by atomic mass is 32.1. The average molecular weight is 452 g/mol. The number of carbonyl (C=O) groups is 4. The first-order valence-electron chi connectivity index (χ1n) is 9.52. The van der Waals surface area contributed by atoms with Gasteiger partial charge in [0.1, 0.15) is 12.1 Å². The molecule has 30 heavy (non-hydrogen) atoms. The van der Waals surface area contributed by atoms with Crippen molar-refractivity contribution in [1.29, 1.82) is 0 Å². The van der Waals surface area contributed by atoms with E-state index in [1.165, 1.54) is 13.8 Å². The molecule has 0 bridgehead atoms. The fourth-order valence-corrected chi connectivity index (χ4v) is 2.66. The highest BCUT2D eigenvalue weighted by Gasteiger charge is 2.32. The minimum absolute atomic E-state index is 0.206. The molecule has 0 saturated carbocycles. The number of aliphatic hydroxyl groups is 2. The number of rotatable bonds is 14. The fraction of sp³-hybridized carbons (Fsp3) is 0.765. The van der Waals surface area contributed by atoms with E-state index in [2.05, 4.69) is 28.6 Å². The normalized spacial score (nSPS) is 17.0. The number of carboxylic acids is 1. The van der Waals surface area contributed by atoms with E-state index in [-0.39, 0.29) is 5.75 Å². The molecule has 0 aromatic heterocycles. The standard InChI is InChI=1S/C17H33N5O7S/c1-8(23)12(21-14(25)10(19)5-3-4-6-18)16(27)20-11(7-30)15(26)22-13(9(2)24)17(28)29/h8-13,23-24,30H,3-7,18-19H2,1-2H3,(H,20,27)(H,21,25)(H,22,26)(H,28,29). The van der Waals surface area contributed by atoms with Crippen LogP contribution in [-0.4, -0.2) is 87.7 Å². The van der Waals surface area contributed by atoms with Gasteiger partial charge in [-0.15, -0.1) is 0 Å². The maximum atomic E-state index is 12.5. The molecule has 6 unspecified atom stereocenters. The van der Waals surface area contributed by atoms with Crippen LogP contribution in [0.5, 0.6) is 0 Å². The molecule has 12 nitrogen and oxygen atoms in total. The number of hydrogen-bond donors (Lipinski definition) is 9. The summed E-state index contributed by atoms with van der Waals surface area (Å²) in [7, 11) is 0. The van der Waals surface area contributed by atoms with Crippen LogP contribution in [0.4, 0.5) is 0 Å². The summed E-state index contributed by atoms with van der Waals surface area (Å²) in [5, 5.41) is 35.1. The van der Waals surface area contributed by atoms with Crippen molar-refractivity contribution in [2.24, 2.45) is 11.5 Å². The van der Waals surface area contributed by atoms with Crippen LogP contribution in [0.15, 0.2) is 0 Å². The van der Waals surface area contributed by atoms with Crippen molar-refractivity contribution in [3.8, 4) is 0 Å². The molecule has 0 aromatic rings. The number of carboxylic acid groups (broad SMARTS) is 1. The van der Waals surface area contributed by atoms with E-state index in [4.69, 9.17) is 16.6 Å². The van der Waals surface area contributed by atoms with Crippen LogP contribution in [0, 0.1) is 0 Å². The summed E-state index contributed by atoms with van der Waals surface area (Å²) in [4.78, 5) is 48.1. The number of hydrogen-bond acceptors (Lipinski definition) is 9. The molecule has 0 aliphatic heterocycles. The first-order chi connectivity index (χ1) is 14.0. The second kappa shape index (κ2) is 14.1. The molecule has 6 atom stereocenters. The Hall–Kier alpha value is -1.93. The van der Waals surface area contributed by atoms with E-state index >= 15 is 0 Å². The van der Waals surface area contributed by atoms with Gasteiger partial charge in [0.2, 0.25) is 17.7 Å². The summed E-state index contributed by atoms with van der Waals surface area (Å²) < 4.78 is 0. The molecule has 0 radical (unpaired) electrons. The molecule has 13 heteroatoms. The lowest BCUT2D eigenvalue weighted by atomic mass is 10.1. The Balaban J connectivity index is 5.07. The first kappa shape index (κ1) is 28.1. The zero-order valence-corrected chi connectivity index (χ0v) is 18.0. The number of amides is 3. The number of aliphatic hydroxyl groups excluding tert-OH is 2. The van der Waals surface area contributed by atoms with Crippen molar-refractivity contribution in [1.82, 2.24) is 16.0 Å². The molecule has 0 spiro atoms. The summed E-state index contributed by atoms with van der Waals surface area (Å²) >= 11 is 3.96. The van der Waals surface area contributed by atoms with Crippen molar-refractivity contribution in [3.63, 3.8) is 0 Å². The quantitative estimate of drug-likeness (QED) is 0.0951. The molecule has 0 rings (SSSR count). The lowest BCUT2D eigenvalue weighted by molar-refractivity contribution is -0.145. The minimum Gasteiger partial charge on any atom is -0.480 e.